The van der Waals surface area contributed by atoms with Gasteiger partial charge in [-0.25, -0.2) is 9.69 Å². The maximum atomic E-state index is 12.2. The number of aliphatic hydroxyl groups excluding tert-OH is 1. The molecule has 2 rings (SSSR count). The van der Waals surface area contributed by atoms with Crippen LogP contribution in [0.1, 0.15) is 65.7 Å². The first kappa shape index (κ1) is 16.3. The van der Waals surface area contributed by atoms with Crippen LogP contribution in [0.5, 0.6) is 0 Å². The number of rotatable bonds is 2. The molecule has 1 saturated carbocycles. The van der Waals surface area contributed by atoms with E-state index in [0.717, 1.165) is 17.7 Å². The van der Waals surface area contributed by atoms with Gasteiger partial charge in [0.25, 0.3) is 0 Å². The van der Waals surface area contributed by atoms with E-state index >= 15 is 0 Å². The molecule has 1 saturated heterocycles. The minimum atomic E-state index is -0.757. The average Bonchev–Trinajstić information content (AvgIpc) is 2.63. The van der Waals surface area contributed by atoms with Gasteiger partial charge >= 0.3 is 6.09 Å². The molecule has 0 radical (unpaired) electrons. The number of amides is 2. The molecular formula is C16H27NO4. The number of carbonyl (C=O) groups excluding carboxylic acids is 2. The second-order valence-electron chi connectivity index (χ2n) is 7.32. The lowest BCUT2D eigenvalue weighted by Gasteiger charge is -2.31. The molecule has 2 fully saturated rings. The predicted octanol–water partition coefficient (Wildman–Crippen LogP) is 2.85. The molecule has 1 aliphatic heterocycles. The minimum Gasteiger partial charge on any atom is -0.443 e. The van der Waals surface area contributed by atoms with Gasteiger partial charge in [-0.15, -0.1) is 0 Å². The number of carbonyl (C=O) groups is 2. The van der Waals surface area contributed by atoms with Crippen LogP contribution in [-0.4, -0.2) is 39.8 Å². The van der Waals surface area contributed by atoms with Gasteiger partial charge in [0.2, 0.25) is 5.91 Å². The van der Waals surface area contributed by atoms with Crippen LogP contribution in [0.15, 0.2) is 0 Å². The molecule has 1 heterocycles. The first-order chi connectivity index (χ1) is 9.78. The summed E-state index contributed by atoms with van der Waals surface area (Å²) >= 11 is 0. The zero-order chi connectivity index (χ0) is 15.6. The lowest BCUT2D eigenvalue weighted by molar-refractivity contribution is -0.128. The first-order valence-corrected chi connectivity index (χ1v) is 8.01. The maximum absolute atomic E-state index is 12.2. The van der Waals surface area contributed by atoms with Crippen LogP contribution in [0, 0.1) is 5.92 Å². The van der Waals surface area contributed by atoms with Gasteiger partial charge in [0.15, 0.2) is 0 Å². The smallest absolute Gasteiger partial charge is 0.417 e. The van der Waals surface area contributed by atoms with E-state index in [0.29, 0.717) is 12.3 Å². The first-order valence-electron chi connectivity index (χ1n) is 8.01. The van der Waals surface area contributed by atoms with Gasteiger partial charge in [0, 0.05) is 0 Å². The Morgan fingerprint density at radius 1 is 1.29 bits per heavy atom. The summed E-state index contributed by atoms with van der Waals surface area (Å²) in [6, 6.07) is -0.421. The zero-order valence-electron chi connectivity index (χ0n) is 13.3. The Hall–Kier alpha value is -1.10. The highest BCUT2D eigenvalue weighted by atomic mass is 16.6. The van der Waals surface area contributed by atoms with Crippen molar-refractivity contribution in [3.63, 3.8) is 0 Å². The topological polar surface area (TPSA) is 66.8 Å². The van der Waals surface area contributed by atoms with Gasteiger partial charge in [0.05, 0.1) is 18.6 Å². The number of aliphatic hydroxyl groups is 1. The van der Waals surface area contributed by atoms with Crippen molar-refractivity contribution in [2.24, 2.45) is 5.92 Å². The average molecular weight is 297 g/mol. The summed E-state index contributed by atoms with van der Waals surface area (Å²) in [5, 5.41) is 10.1. The summed E-state index contributed by atoms with van der Waals surface area (Å²) in [6.07, 6.45) is 5.26. The lowest BCUT2D eigenvalue weighted by atomic mass is 9.84. The van der Waals surface area contributed by atoms with E-state index in [1.165, 1.54) is 19.3 Å². The van der Waals surface area contributed by atoms with E-state index in [1.54, 1.807) is 20.8 Å². The highest BCUT2D eigenvalue weighted by Gasteiger charge is 2.45. The van der Waals surface area contributed by atoms with Crippen LogP contribution < -0.4 is 0 Å². The van der Waals surface area contributed by atoms with Crippen molar-refractivity contribution >= 4 is 12.0 Å². The standard InChI is InChI=1S/C16H27NO4/c1-16(2,3)21-15(20)17-12(13(18)10-14(17)19)9-11-7-5-4-6-8-11/h11-13,18H,4-10H2,1-3H3/t12-,13+/m1/s1. The molecule has 5 heteroatoms. The van der Waals surface area contributed by atoms with Crippen molar-refractivity contribution in [2.75, 3.05) is 0 Å². The molecule has 2 atom stereocenters. The Balaban J connectivity index is 2.05. The second kappa shape index (κ2) is 6.34. The molecule has 21 heavy (non-hydrogen) atoms. The van der Waals surface area contributed by atoms with Crippen molar-refractivity contribution < 1.29 is 19.4 Å². The number of imide groups is 1. The predicted molar refractivity (Wildman–Crippen MR) is 78.7 cm³/mol. The molecule has 2 aliphatic rings. The molecule has 1 aliphatic carbocycles. The minimum absolute atomic E-state index is 0.0244. The highest BCUT2D eigenvalue weighted by molar-refractivity contribution is 5.94. The van der Waals surface area contributed by atoms with Crippen LogP contribution in [0.25, 0.3) is 0 Å². The third-order valence-corrected chi connectivity index (χ3v) is 4.32. The molecule has 0 aromatic carbocycles. The van der Waals surface area contributed by atoms with Gasteiger partial charge in [-0.3, -0.25) is 4.79 Å². The van der Waals surface area contributed by atoms with E-state index in [-0.39, 0.29) is 12.3 Å². The van der Waals surface area contributed by atoms with Crippen molar-refractivity contribution in [1.29, 1.82) is 0 Å². The van der Waals surface area contributed by atoms with Crippen LogP contribution >= 0.6 is 0 Å². The quantitative estimate of drug-likeness (QED) is 0.851. The van der Waals surface area contributed by atoms with E-state index in [4.69, 9.17) is 4.74 Å². The summed E-state index contributed by atoms with van der Waals surface area (Å²) in [7, 11) is 0. The summed E-state index contributed by atoms with van der Waals surface area (Å²) in [5.41, 5.74) is -0.639. The molecule has 0 unspecified atom stereocenters. The molecular weight excluding hydrogens is 270 g/mol. The van der Waals surface area contributed by atoms with E-state index < -0.39 is 23.8 Å². The normalized spacial score (nSPS) is 28.0. The molecule has 5 nitrogen and oxygen atoms in total. The van der Waals surface area contributed by atoms with E-state index in [2.05, 4.69) is 0 Å². The molecule has 120 valence electrons. The Kier molecular flexibility index (Phi) is 4.91. The molecule has 0 aromatic rings. The number of hydrogen-bond donors (Lipinski definition) is 1. The lowest BCUT2D eigenvalue weighted by Crippen LogP contribution is -2.45. The number of hydrogen-bond acceptors (Lipinski definition) is 4. The maximum Gasteiger partial charge on any atom is 0.417 e. The third-order valence-electron chi connectivity index (χ3n) is 4.32. The Morgan fingerprint density at radius 3 is 2.48 bits per heavy atom. The number of likely N-dealkylation sites (tertiary alicyclic amines) is 1. The summed E-state index contributed by atoms with van der Waals surface area (Å²) in [6.45, 7) is 5.33. The van der Waals surface area contributed by atoms with Crippen molar-refractivity contribution in [3.05, 3.63) is 0 Å². The van der Waals surface area contributed by atoms with Crippen molar-refractivity contribution in [3.8, 4) is 0 Å². The summed E-state index contributed by atoms with van der Waals surface area (Å²) in [4.78, 5) is 25.4. The van der Waals surface area contributed by atoms with Crippen molar-refractivity contribution in [2.45, 2.75) is 83.5 Å². The molecule has 0 spiro atoms. The van der Waals surface area contributed by atoms with Crippen LogP contribution in [0.2, 0.25) is 0 Å². The Morgan fingerprint density at radius 2 is 1.90 bits per heavy atom. The van der Waals surface area contributed by atoms with Gasteiger partial charge in [-0.05, 0) is 33.1 Å². The third kappa shape index (κ3) is 4.19. The Labute approximate surface area is 126 Å². The van der Waals surface area contributed by atoms with Gasteiger partial charge < -0.3 is 9.84 Å². The zero-order valence-corrected chi connectivity index (χ0v) is 13.3. The number of nitrogens with zero attached hydrogens (tertiary/aromatic N) is 1. The SMILES string of the molecule is CC(C)(C)OC(=O)N1C(=O)C[C@H](O)[C@H]1CC1CCCCC1. The van der Waals surface area contributed by atoms with Crippen molar-refractivity contribution in [1.82, 2.24) is 4.90 Å². The monoisotopic (exact) mass is 297 g/mol. The van der Waals surface area contributed by atoms with Gasteiger partial charge in [-0.1, -0.05) is 32.1 Å². The summed E-state index contributed by atoms with van der Waals surface area (Å²) < 4.78 is 5.31. The van der Waals surface area contributed by atoms with Gasteiger partial charge in [0.1, 0.15) is 5.60 Å². The second-order valence-corrected chi connectivity index (χ2v) is 7.32. The van der Waals surface area contributed by atoms with Crippen LogP contribution in [0.4, 0.5) is 4.79 Å². The van der Waals surface area contributed by atoms with Crippen LogP contribution in [-0.2, 0) is 9.53 Å². The van der Waals surface area contributed by atoms with E-state index in [9.17, 15) is 14.7 Å². The van der Waals surface area contributed by atoms with Crippen LogP contribution in [0.3, 0.4) is 0 Å². The summed E-state index contributed by atoms with van der Waals surface area (Å²) in [5.74, 6) is 0.173. The molecule has 0 aromatic heterocycles. The molecule has 2 amide bonds. The Bertz CT molecular complexity index is 396. The largest absolute Gasteiger partial charge is 0.443 e. The fraction of sp³-hybridized carbons (Fsp3) is 0.875. The molecule has 0 bridgehead atoms. The fourth-order valence-corrected chi connectivity index (χ4v) is 3.35. The highest BCUT2D eigenvalue weighted by Crippen LogP contribution is 2.33. The molecule has 1 N–H and O–H groups in total. The van der Waals surface area contributed by atoms with E-state index in [1.807, 2.05) is 0 Å². The van der Waals surface area contributed by atoms with Gasteiger partial charge in [-0.2, -0.15) is 0 Å². The fourth-order valence-electron chi connectivity index (χ4n) is 3.35. The number of ether oxygens (including phenoxy) is 1.